The van der Waals surface area contributed by atoms with E-state index in [1.807, 2.05) is 35.2 Å². The van der Waals surface area contributed by atoms with Gasteiger partial charge < -0.3 is 9.80 Å². The number of nitrogens with zero attached hydrogens (tertiary/aromatic N) is 2. The summed E-state index contributed by atoms with van der Waals surface area (Å²) in [6.45, 7) is 6.36. The van der Waals surface area contributed by atoms with Crippen LogP contribution in [-0.2, 0) is 10.2 Å². The molecule has 0 aromatic heterocycles. The van der Waals surface area contributed by atoms with Crippen molar-refractivity contribution in [2.45, 2.75) is 25.7 Å². The lowest BCUT2D eigenvalue weighted by atomic mass is 9.81. The fourth-order valence-electron chi connectivity index (χ4n) is 3.45. The highest BCUT2D eigenvalue weighted by Crippen LogP contribution is 2.28. The van der Waals surface area contributed by atoms with Crippen molar-refractivity contribution in [3.05, 3.63) is 70.7 Å². The SMILES string of the molecule is CC(C)(CC(=O)N1CCN(C(=O)c2ccccc2Cl)CC1)c1ccccc1. The molecule has 1 aliphatic rings. The van der Waals surface area contributed by atoms with Crippen LogP contribution < -0.4 is 0 Å². The Morgan fingerprint density at radius 3 is 2.07 bits per heavy atom. The molecule has 0 N–H and O–H groups in total. The van der Waals surface area contributed by atoms with Crippen LogP contribution in [0.25, 0.3) is 0 Å². The fourth-order valence-corrected chi connectivity index (χ4v) is 3.66. The van der Waals surface area contributed by atoms with Crippen LogP contribution in [0.4, 0.5) is 0 Å². The number of carbonyl (C=O) groups is 2. The lowest BCUT2D eigenvalue weighted by molar-refractivity contribution is -0.133. The van der Waals surface area contributed by atoms with Crippen molar-refractivity contribution in [2.24, 2.45) is 0 Å². The summed E-state index contributed by atoms with van der Waals surface area (Å²) in [5.74, 6) is 0.0611. The van der Waals surface area contributed by atoms with E-state index in [2.05, 4.69) is 26.0 Å². The molecule has 27 heavy (non-hydrogen) atoms. The van der Waals surface area contributed by atoms with E-state index in [-0.39, 0.29) is 17.2 Å². The molecule has 1 saturated heterocycles. The third-order valence-electron chi connectivity index (χ3n) is 5.17. The van der Waals surface area contributed by atoms with Crippen molar-refractivity contribution < 1.29 is 9.59 Å². The smallest absolute Gasteiger partial charge is 0.255 e. The highest BCUT2D eigenvalue weighted by molar-refractivity contribution is 6.33. The molecule has 0 spiro atoms. The molecule has 2 aromatic carbocycles. The molecule has 0 saturated carbocycles. The quantitative estimate of drug-likeness (QED) is 0.799. The maximum absolute atomic E-state index is 12.8. The molecule has 4 nitrogen and oxygen atoms in total. The molecule has 0 radical (unpaired) electrons. The van der Waals surface area contributed by atoms with Gasteiger partial charge in [0.05, 0.1) is 10.6 Å². The molecule has 1 fully saturated rings. The number of amides is 2. The molecule has 3 rings (SSSR count). The van der Waals surface area contributed by atoms with Gasteiger partial charge in [0.15, 0.2) is 0 Å². The van der Waals surface area contributed by atoms with Crippen LogP contribution in [-0.4, -0.2) is 47.8 Å². The van der Waals surface area contributed by atoms with Crippen LogP contribution >= 0.6 is 11.6 Å². The first kappa shape index (κ1) is 19.4. The predicted octanol–water partition coefficient (Wildman–Crippen LogP) is 3.99. The Morgan fingerprint density at radius 1 is 0.889 bits per heavy atom. The van der Waals surface area contributed by atoms with E-state index in [1.54, 1.807) is 17.0 Å². The molecule has 0 aliphatic carbocycles. The Labute approximate surface area is 165 Å². The van der Waals surface area contributed by atoms with Crippen LogP contribution in [0.1, 0.15) is 36.2 Å². The van der Waals surface area contributed by atoms with E-state index >= 15 is 0 Å². The Kier molecular flexibility index (Phi) is 5.85. The fraction of sp³-hybridized carbons (Fsp3) is 0.364. The summed E-state index contributed by atoms with van der Waals surface area (Å²) < 4.78 is 0. The van der Waals surface area contributed by atoms with Crippen molar-refractivity contribution >= 4 is 23.4 Å². The van der Waals surface area contributed by atoms with Gasteiger partial charge in [-0.05, 0) is 23.1 Å². The Hall–Kier alpha value is -2.33. The van der Waals surface area contributed by atoms with Crippen LogP contribution in [0.5, 0.6) is 0 Å². The first-order chi connectivity index (χ1) is 12.9. The summed E-state index contributed by atoms with van der Waals surface area (Å²) in [5.41, 5.74) is 1.46. The monoisotopic (exact) mass is 384 g/mol. The molecule has 0 bridgehead atoms. The maximum atomic E-state index is 12.8. The Morgan fingerprint density at radius 2 is 1.44 bits per heavy atom. The van der Waals surface area contributed by atoms with Crippen LogP contribution in [0, 0.1) is 0 Å². The average molecular weight is 385 g/mol. The summed E-state index contributed by atoms with van der Waals surface area (Å²) in [7, 11) is 0. The van der Waals surface area contributed by atoms with Gasteiger partial charge in [-0.15, -0.1) is 0 Å². The zero-order valence-corrected chi connectivity index (χ0v) is 16.6. The van der Waals surface area contributed by atoms with Crippen molar-refractivity contribution in [3.63, 3.8) is 0 Å². The van der Waals surface area contributed by atoms with Gasteiger partial charge in [0, 0.05) is 32.6 Å². The molecule has 1 heterocycles. The lowest BCUT2D eigenvalue weighted by Crippen LogP contribution is -2.51. The van der Waals surface area contributed by atoms with Gasteiger partial charge in [-0.1, -0.05) is 67.9 Å². The maximum Gasteiger partial charge on any atom is 0.255 e. The second-order valence-electron chi connectivity index (χ2n) is 7.58. The lowest BCUT2D eigenvalue weighted by Gasteiger charge is -2.36. The topological polar surface area (TPSA) is 40.6 Å². The summed E-state index contributed by atoms with van der Waals surface area (Å²) in [6.07, 6.45) is 0.454. The molecule has 0 unspecified atom stereocenters. The first-order valence-corrected chi connectivity index (χ1v) is 9.63. The minimum Gasteiger partial charge on any atom is -0.339 e. The van der Waals surface area contributed by atoms with Gasteiger partial charge in [0.25, 0.3) is 5.91 Å². The summed E-state index contributed by atoms with van der Waals surface area (Å²) in [4.78, 5) is 29.1. The van der Waals surface area contributed by atoms with E-state index in [4.69, 9.17) is 11.6 Å². The number of hydrogen-bond acceptors (Lipinski definition) is 2. The van der Waals surface area contributed by atoms with E-state index in [0.717, 1.165) is 5.56 Å². The number of halogens is 1. The number of piperazine rings is 1. The molecule has 142 valence electrons. The van der Waals surface area contributed by atoms with Crippen LogP contribution in [0.3, 0.4) is 0 Å². The van der Waals surface area contributed by atoms with Crippen molar-refractivity contribution in [3.8, 4) is 0 Å². The molecule has 2 amide bonds. The minimum atomic E-state index is -0.219. The van der Waals surface area contributed by atoms with Gasteiger partial charge in [-0.2, -0.15) is 0 Å². The number of rotatable bonds is 4. The van der Waals surface area contributed by atoms with Gasteiger partial charge in [-0.3, -0.25) is 9.59 Å². The third kappa shape index (κ3) is 4.51. The summed E-state index contributed by atoms with van der Waals surface area (Å²) in [5, 5.41) is 0.464. The molecule has 2 aromatic rings. The number of hydrogen-bond donors (Lipinski definition) is 0. The highest BCUT2D eigenvalue weighted by atomic mass is 35.5. The van der Waals surface area contributed by atoms with Gasteiger partial charge >= 0.3 is 0 Å². The molecular weight excluding hydrogens is 360 g/mol. The number of benzene rings is 2. The normalized spacial score (nSPS) is 14.9. The first-order valence-electron chi connectivity index (χ1n) is 9.25. The van der Waals surface area contributed by atoms with Crippen molar-refractivity contribution in [2.75, 3.05) is 26.2 Å². The summed E-state index contributed by atoms with van der Waals surface area (Å²) >= 11 is 6.14. The highest BCUT2D eigenvalue weighted by Gasteiger charge is 2.30. The standard InChI is InChI=1S/C22H25ClN2O2/c1-22(2,17-8-4-3-5-9-17)16-20(26)24-12-14-25(15-13-24)21(27)18-10-6-7-11-19(18)23/h3-11H,12-16H2,1-2H3. The van der Waals surface area contributed by atoms with Crippen molar-refractivity contribution in [1.82, 2.24) is 9.80 Å². The average Bonchev–Trinajstić information content (AvgIpc) is 2.68. The van der Waals surface area contributed by atoms with Crippen LogP contribution in [0.15, 0.2) is 54.6 Å². The molecule has 5 heteroatoms. The Balaban J connectivity index is 1.58. The van der Waals surface area contributed by atoms with E-state index in [0.29, 0.717) is 43.2 Å². The third-order valence-corrected chi connectivity index (χ3v) is 5.50. The summed E-state index contributed by atoms with van der Waals surface area (Å²) in [6, 6.07) is 17.2. The van der Waals surface area contributed by atoms with Gasteiger partial charge in [0.1, 0.15) is 0 Å². The van der Waals surface area contributed by atoms with Crippen LogP contribution in [0.2, 0.25) is 5.02 Å². The molecule has 0 atom stereocenters. The van der Waals surface area contributed by atoms with Crippen molar-refractivity contribution in [1.29, 1.82) is 0 Å². The van der Waals surface area contributed by atoms with Gasteiger partial charge in [0.2, 0.25) is 5.91 Å². The zero-order chi connectivity index (χ0) is 19.4. The Bertz CT molecular complexity index is 812. The second-order valence-corrected chi connectivity index (χ2v) is 7.99. The number of carbonyl (C=O) groups excluding carboxylic acids is 2. The van der Waals surface area contributed by atoms with E-state index in [9.17, 15) is 9.59 Å². The van der Waals surface area contributed by atoms with Gasteiger partial charge in [-0.25, -0.2) is 0 Å². The predicted molar refractivity (Wildman–Crippen MR) is 108 cm³/mol. The minimum absolute atomic E-state index is 0.0719. The zero-order valence-electron chi connectivity index (χ0n) is 15.8. The van der Waals surface area contributed by atoms with E-state index < -0.39 is 0 Å². The molecule has 1 aliphatic heterocycles. The molecular formula is C22H25ClN2O2. The largest absolute Gasteiger partial charge is 0.339 e. The van der Waals surface area contributed by atoms with E-state index in [1.165, 1.54) is 0 Å². The second kappa shape index (κ2) is 8.13.